The van der Waals surface area contributed by atoms with Gasteiger partial charge in [-0.1, -0.05) is 17.7 Å². The second-order valence-corrected chi connectivity index (χ2v) is 7.37. The van der Waals surface area contributed by atoms with Crippen LogP contribution in [0.25, 0.3) is 11.5 Å². The fourth-order valence-electron chi connectivity index (χ4n) is 2.34. The predicted molar refractivity (Wildman–Crippen MR) is 96.1 cm³/mol. The van der Waals surface area contributed by atoms with Crippen molar-refractivity contribution in [3.63, 3.8) is 0 Å². The molecule has 0 radical (unpaired) electrons. The Morgan fingerprint density at radius 3 is 2.58 bits per heavy atom. The van der Waals surface area contributed by atoms with Gasteiger partial charge in [-0.25, -0.2) is 13.1 Å². The molecule has 0 spiro atoms. The zero-order valence-electron chi connectivity index (χ0n) is 14.5. The van der Waals surface area contributed by atoms with Crippen molar-refractivity contribution in [3.8, 4) is 17.2 Å². The van der Waals surface area contributed by atoms with E-state index in [1.54, 1.807) is 12.1 Å². The minimum Gasteiger partial charge on any atom is -0.494 e. The third-order valence-corrected chi connectivity index (χ3v) is 5.01. The van der Waals surface area contributed by atoms with E-state index in [-0.39, 0.29) is 17.3 Å². The van der Waals surface area contributed by atoms with Gasteiger partial charge in [0, 0.05) is 5.56 Å². The van der Waals surface area contributed by atoms with Crippen molar-refractivity contribution in [1.29, 1.82) is 0 Å². The van der Waals surface area contributed by atoms with Crippen LogP contribution in [-0.2, 0) is 16.6 Å². The van der Waals surface area contributed by atoms with Gasteiger partial charge in [0.2, 0.25) is 21.8 Å². The van der Waals surface area contributed by atoms with Crippen LogP contribution in [0.5, 0.6) is 5.75 Å². The lowest BCUT2D eigenvalue weighted by atomic mass is 10.1. The monoisotopic (exact) mass is 373 g/mol. The van der Waals surface area contributed by atoms with E-state index < -0.39 is 10.0 Å². The molecule has 2 aromatic carbocycles. The highest BCUT2D eigenvalue weighted by atomic mass is 32.2. The van der Waals surface area contributed by atoms with Crippen LogP contribution in [0.4, 0.5) is 0 Å². The average Bonchev–Trinajstić information content (AvgIpc) is 3.10. The minimum absolute atomic E-state index is 0.0889. The molecule has 0 atom stereocenters. The number of rotatable bonds is 7. The molecule has 3 aromatic rings. The van der Waals surface area contributed by atoms with E-state index in [0.29, 0.717) is 18.2 Å². The first-order valence-corrected chi connectivity index (χ1v) is 9.58. The van der Waals surface area contributed by atoms with Gasteiger partial charge in [0.15, 0.2) is 0 Å². The largest absolute Gasteiger partial charge is 0.494 e. The Hall–Kier alpha value is -2.71. The molecule has 3 rings (SSSR count). The molecule has 1 aromatic heterocycles. The summed E-state index contributed by atoms with van der Waals surface area (Å²) in [7, 11) is -3.69. The van der Waals surface area contributed by atoms with Gasteiger partial charge >= 0.3 is 0 Å². The molecular formula is C18H19N3O4S. The molecule has 7 nitrogen and oxygen atoms in total. The number of nitrogens with zero attached hydrogens (tertiary/aromatic N) is 2. The van der Waals surface area contributed by atoms with Gasteiger partial charge < -0.3 is 9.15 Å². The van der Waals surface area contributed by atoms with Crippen LogP contribution in [0.2, 0.25) is 0 Å². The SMILES string of the molecule is CCOc1ccc(S(=O)(=O)NCc2nnc(-c3cccc(C)c3)o2)cc1. The summed E-state index contributed by atoms with van der Waals surface area (Å²) in [5, 5.41) is 7.86. The molecule has 1 heterocycles. The lowest BCUT2D eigenvalue weighted by Gasteiger charge is -2.06. The second kappa shape index (κ2) is 7.67. The van der Waals surface area contributed by atoms with Crippen molar-refractivity contribution in [2.45, 2.75) is 25.3 Å². The Morgan fingerprint density at radius 2 is 1.88 bits per heavy atom. The van der Waals surface area contributed by atoms with Gasteiger partial charge in [-0.2, -0.15) is 0 Å². The van der Waals surface area contributed by atoms with Gasteiger partial charge in [-0.3, -0.25) is 0 Å². The van der Waals surface area contributed by atoms with Gasteiger partial charge in [-0.05, 0) is 50.2 Å². The van der Waals surface area contributed by atoms with Crippen LogP contribution in [0, 0.1) is 6.92 Å². The highest BCUT2D eigenvalue weighted by Gasteiger charge is 2.16. The predicted octanol–water partition coefficient (Wildman–Crippen LogP) is 2.92. The molecule has 0 aliphatic heterocycles. The molecule has 26 heavy (non-hydrogen) atoms. The van der Waals surface area contributed by atoms with E-state index in [1.165, 1.54) is 12.1 Å². The molecule has 0 unspecified atom stereocenters. The average molecular weight is 373 g/mol. The Morgan fingerprint density at radius 1 is 1.12 bits per heavy atom. The smallest absolute Gasteiger partial charge is 0.247 e. The van der Waals surface area contributed by atoms with E-state index in [9.17, 15) is 8.42 Å². The molecule has 0 saturated carbocycles. The first-order chi connectivity index (χ1) is 12.5. The van der Waals surface area contributed by atoms with Crippen LogP contribution in [0.1, 0.15) is 18.4 Å². The number of ether oxygens (including phenoxy) is 1. The zero-order chi connectivity index (χ0) is 18.6. The molecule has 8 heteroatoms. The maximum Gasteiger partial charge on any atom is 0.247 e. The van der Waals surface area contributed by atoms with Crippen molar-refractivity contribution >= 4 is 10.0 Å². The fourth-order valence-corrected chi connectivity index (χ4v) is 3.32. The van der Waals surface area contributed by atoms with Crippen molar-refractivity contribution in [1.82, 2.24) is 14.9 Å². The Labute approximate surface area is 152 Å². The number of hydrogen-bond donors (Lipinski definition) is 1. The molecule has 136 valence electrons. The maximum atomic E-state index is 12.4. The first-order valence-electron chi connectivity index (χ1n) is 8.10. The summed E-state index contributed by atoms with van der Waals surface area (Å²) in [4.78, 5) is 0.138. The molecule has 0 bridgehead atoms. The van der Waals surface area contributed by atoms with E-state index in [0.717, 1.165) is 11.1 Å². The topological polar surface area (TPSA) is 94.3 Å². The van der Waals surface area contributed by atoms with Gasteiger partial charge in [-0.15, -0.1) is 10.2 Å². The van der Waals surface area contributed by atoms with Gasteiger partial charge in [0.05, 0.1) is 18.0 Å². The minimum atomic E-state index is -3.69. The number of nitrogens with one attached hydrogen (secondary N) is 1. The van der Waals surface area contributed by atoms with Crippen LogP contribution >= 0.6 is 0 Å². The molecule has 0 fully saturated rings. The van der Waals surface area contributed by atoms with Crippen molar-refractivity contribution in [2.75, 3.05) is 6.61 Å². The summed E-state index contributed by atoms with van der Waals surface area (Å²) in [6.07, 6.45) is 0. The quantitative estimate of drug-likeness (QED) is 0.684. The van der Waals surface area contributed by atoms with Crippen LogP contribution in [0.3, 0.4) is 0 Å². The maximum absolute atomic E-state index is 12.4. The number of aromatic nitrogens is 2. The molecule has 0 saturated heterocycles. The number of benzene rings is 2. The fraction of sp³-hybridized carbons (Fsp3) is 0.222. The number of aryl methyl sites for hydroxylation is 1. The van der Waals surface area contributed by atoms with Gasteiger partial charge in [0.25, 0.3) is 0 Å². The lowest BCUT2D eigenvalue weighted by molar-refractivity contribution is 0.340. The number of hydrogen-bond acceptors (Lipinski definition) is 6. The first kappa shape index (κ1) is 18.1. The molecule has 0 amide bonds. The van der Waals surface area contributed by atoms with Crippen molar-refractivity contribution in [2.24, 2.45) is 0 Å². The van der Waals surface area contributed by atoms with E-state index >= 15 is 0 Å². The standard InChI is InChI=1S/C18H19N3O4S/c1-3-24-15-7-9-16(10-8-15)26(22,23)19-12-17-20-21-18(25-17)14-6-4-5-13(2)11-14/h4-11,19H,3,12H2,1-2H3. The second-order valence-electron chi connectivity index (χ2n) is 5.60. The summed E-state index contributed by atoms with van der Waals surface area (Å²) in [6, 6.07) is 13.8. The van der Waals surface area contributed by atoms with Crippen LogP contribution in [-0.4, -0.2) is 25.2 Å². The lowest BCUT2D eigenvalue weighted by Crippen LogP contribution is -2.23. The molecular weight excluding hydrogens is 354 g/mol. The van der Waals surface area contributed by atoms with E-state index in [1.807, 2.05) is 38.1 Å². The molecule has 0 aliphatic carbocycles. The third-order valence-electron chi connectivity index (χ3n) is 3.59. The Bertz CT molecular complexity index is 982. The summed E-state index contributed by atoms with van der Waals surface area (Å²) in [5.41, 5.74) is 1.86. The summed E-state index contributed by atoms with van der Waals surface area (Å²) in [5.74, 6) is 1.16. The van der Waals surface area contributed by atoms with Crippen molar-refractivity contribution < 1.29 is 17.6 Å². The highest BCUT2D eigenvalue weighted by Crippen LogP contribution is 2.19. The highest BCUT2D eigenvalue weighted by molar-refractivity contribution is 7.89. The third kappa shape index (κ3) is 4.27. The number of sulfonamides is 1. The summed E-state index contributed by atoms with van der Waals surface area (Å²) in [6.45, 7) is 4.26. The van der Waals surface area contributed by atoms with Crippen LogP contribution in [0.15, 0.2) is 57.8 Å². The van der Waals surface area contributed by atoms with Gasteiger partial charge in [0.1, 0.15) is 5.75 Å². The van der Waals surface area contributed by atoms with Crippen LogP contribution < -0.4 is 9.46 Å². The normalized spacial score (nSPS) is 11.5. The van der Waals surface area contributed by atoms with Crippen molar-refractivity contribution in [3.05, 3.63) is 60.0 Å². The Balaban J connectivity index is 1.68. The molecule has 1 N–H and O–H groups in total. The molecule has 0 aliphatic rings. The summed E-state index contributed by atoms with van der Waals surface area (Å²) < 4.78 is 38.0. The van der Waals surface area contributed by atoms with E-state index in [2.05, 4.69) is 14.9 Å². The Kier molecular flexibility index (Phi) is 5.34. The zero-order valence-corrected chi connectivity index (χ0v) is 15.3. The summed E-state index contributed by atoms with van der Waals surface area (Å²) >= 11 is 0. The van der Waals surface area contributed by atoms with E-state index in [4.69, 9.17) is 9.15 Å².